The SMILES string of the molecule is C=C(C)C(=O)O.C=Cc1ccccc1. The van der Waals surface area contributed by atoms with Crippen LogP contribution in [0, 0.1) is 0 Å². The number of hydrogen-bond acceptors (Lipinski definition) is 1. The minimum Gasteiger partial charge on any atom is -0.478 e. The van der Waals surface area contributed by atoms with E-state index < -0.39 is 5.97 Å². The molecule has 1 aromatic rings. The molecule has 0 bridgehead atoms. The average Bonchev–Trinajstić information content (AvgIpc) is 2.20. The summed E-state index contributed by atoms with van der Waals surface area (Å²) in [6.45, 7) is 8.23. The maximum Gasteiger partial charge on any atom is 0.330 e. The molecule has 74 valence electrons. The van der Waals surface area contributed by atoms with E-state index in [4.69, 9.17) is 5.11 Å². The van der Waals surface area contributed by atoms with Gasteiger partial charge in [-0.25, -0.2) is 4.79 Å². The molecule has 0 atom stereocenters. The van der Waals surface area contributed by atoms with Gasteiger partial charge in [-0.1, -0.05) is 49.6 Å². The van der Waals surface area contributed by atoms with Gasteiger partial charge in [0.15, 0.2) is 0 Å². The van der Waals surface area contributed by atoms with Gasteiger partial charge >= 0.3 is 5.97 Å². The van der Waals surface area contributed by atoms with Gasteiger partial charge in [0.2, 0.25) is 0 Å². The second-order valence-electron chi connectivity index (χ2n) is 2.70. The van der Waals surface area contributed by atoms with Gasteiger partial charge in [0, 0.05) is 5.57 Å². The Labute approximate surface area is 84.2 Å². The van der Waals surface area contributed by atoms with Gasteiger partial charge < -0.3 is 5.11 Å². The van der Waals surface area contributed by atoms with E-state index in [1.54, 1.807) is 0 Å². The highest BCUT2D eigenvalue weighted by molar-refractivity contribution is 5.84. The molecule has 0 aliphatic rings. The van der Waals surface area contributed by atoms with Crippen molar-refractivity contribution in [1.29, 1.82) is 0 Å². The highest BCUT2D eigenvalue weighted by Crippen LogP contribution is 1.97. The molecule has 0 unspecified atom stereocenters. The van der Waals surface area contributed by atoms with Gasteiger partial charge in [0.1, 0.15) is 0 Å². The molecule has 0 aromatic heterocycles. The maximum absolute atomic E-state index is 9.60. The van der Waals surface area contributed by atoms with E-state index in [0.29, 0.717) is 0 Å². The topological polar surface area (TPSA) is 37.3 Å². The summed E-state index contributed by atoms with van der Waals surface area (Å²) >= 11 is 0. The highest BCUT2D eigenvalue weighted by atomic mass is 16.4. The Bertz CT molecular complexity index is 300. The second kappa shape index (κ2) is 6.66. The third-order valence-corrected chi connectivity index (χ3v) is 1.40. The third kappa shape index (κ3) is 5.77. The normalized spacial score (nSPS) is 8.07. The van der Waals surface area contributed by atoms with Crippen LogP contribution in [-0.2, 0) is 4.79 Å². The first-order chi connectivity index (χ1) is 6.57. The molecule has 0 spiro atoms. The van der Waals surface area contributed by atoms with Crippen LogP contribution in [0.25, 0.3) is 6.08 Å². The van der Waals surface area contributed by atoms with Gasteiger partial charge in [-0.05, 0) is 12.5 Å². The summed E-state index contributed by atoms with van der Waals surface area (Å²) in [6.07, 6.45) is 1.83. The Morgan fingerprint density at radius 1 is 1.36 bits per heavy atom. The Morgan fingerprint density at radius 2 is 1.79 bits per heavy atom. The lowest BCUT2D eigenvalue weighted by Gasteiger charge is -1.85. The molecule has 0 fully saturated rings. The number of carboxylic acid groups (broad SMARTS) is 1. The van der Waals surface area contributed by atoms with Crippen molar-refractivity contribution in [2.45, 2.75) is 6.92 Å². The van der Waals surface area contributed by atoms with Gasteiger partial charge in [-0.3, -0.25) is 0 Å². The van der Waals surface area contributed by atoms with Gasteiger partial charge in [0.05, 0.1) is 0 Å². The minimum atomic E-state index is -0.935. The van der Waals surface area contributed by atoms with Gasteiger partial charge in [-0.15, -0.1) is 0 Å². The summed E-state index contributed by atoms with van der Waals surface area (Å²) in [5, 5.41) is 7.89. The van der Waals surface area contributed by atoms with Crippen molar-refractivity contribution in [2.24, 2.45) is 0 Å². The fraction of sp³-hybridized carbons (Fsp3) is 0.0833. The van der Waals surface area contributed by atoms with E-state index in [9.17, 15) is 4.79 Å². The monoisotopic (exact) mass is 190 g/mol. The van der Waals surface area contributed by atoms with Crippen molar-refractivity contribution in [1.82, 2.24) is 0 Å². The standard InChI is InChI=1S/C8H8.C4H6O2/c1-2-8-6-4-3-5-7-8;1-3(2)4(5)6/h2-7H,1H2;1H2,2H3,(H,5,6). The molecule has 2 heteroatoms. The zero-order chi connectivity index (χ0) is 11.0. The van der Waals surface area contributed by atoms with Crippen LogP contribution in [0.3, 0.4) is 0 Å². The molecule has 0 saturated heterocycles. The summed E-state index contributed by atoms with van der Waals surface area (Å²) in [6, 6.07) is 10.0. The van der Waals surface area contributed by atoms with Crippen LogP contribution in [0.5, 0.6) is 0 Å². The van der Waals surface area contributed by atoms with Gasteiger partial charge in [0.25, 0.3) is 0 Å². The molecular weight excluding hydrogens is 176 g/mol. The van der Waals surface area contributed by atoms with E-state index in [1.165, 1.54) is 12.5 Å². The first-order valence-electron chi connectivity index (χ1n) is 4.14. The van der Waals surface area contributed by atoms with Crippen LogP contribution < -0.4 is 0 Å². The Balaban J connectivity index is 0.000000255. The Morgan fingerprint density at radius 3 is 2.00 bits per heavy atom. The molecule has 0 aliphatic heterocycles. The van der Waals surface area contributed by atoms with E-state index in [0.717, 1.165) is 0 Å². The minimum absolute atomic E-state index is 0.176. The smallest absolute Gasteiger partial charge is 0.330 e. The lowest BCUT2D eigenvalue weighted by Crippen LogP contribution is -1.92. The highest BCUT2D eigenvalue weighted by Gasteiger charge is 1.90. The second-order valence-corrected chi connectivity index (χ2v) is 2.70. The van der Waals surface area contributed by atoms with Gasteiger partial charge in [-0.2, -0.15) is 0 Å². The molecule has 0 amide bonds. The lowest BCUT2D eigenvalue weighted by molar-refractivity contribution is -0.132. The van der Waals surface area contributed by atoms with Crippen molar-refractivity contribution in [3.8, 4) is 0 Å². The van der Waals surface area contributed by atoms with Crippen LogP contribution >= 0.6 is 0 Å². The van der Waals surface area contributed by atoms with Crippen LogP contribution in [0.2, 0.25) is 0 Å². The Kier molecular flexibility index (Phi) is 5.79. The summed E-state index contributed by atoms with van der Waals surface area (Å²) in [4.78, 5) is 9.60. The number of carbonyl (C=O) groups is 1. The number of benzene rings is 1. The third-order valence-electron chi connectivity index (χ3n) is 1.40. The molecule has 0 saturated carbocycles. The van der Waals surface area contributed by atoms with Crippen molar-refractivity contribution < 1.29 is 9.90 Å². The summed E-state index contributed by atoms with van der Waals surface area (Å²) in [5.74, 6) is -0.935. The van der Waals surface area contributed by atoms with E-state index >= 15 is 0 Å². The first kappa shape index (κ1) is 12.2. The fourth-order valence-corrected chi connectivity index (χ4v) is 0.589. The molecule has 1 N–H and O–H groups in total. The van der Waals surface area contributed by atoms with Crippen molar-refractivity contribution in [3.05, 3.63) is 54.6 Å². The van der Waals surface area contributed by atoms with Crippen LogP contribution in [0.4, 0.5) is 0 Å². The molecule has 1 rings (SSSR count). The molecule has 14 heavy (non-hydrogen) atoms. The average molecular weight is 190 g/mol. The molecule has 0 aliphatic carbocycles. The van der Waals surface area contributed by atoms with Crippen LogP contribution in [0.1, 0.15) is 12.5 Å². The summed E-state index contributed by atoms with van der Waals surface area (Å²) < 4.78 is 0. The molecule has 1 aromatic carbocycles. The van der Waals surface area contributed by atoms with E-state index in [2.05, 4.69) is 13.2 Å². The number of carboxylic acids is 1. The predicted molar refractivity (Wildman–Crippen MR) is 59.0 cm³/mol. The van der Waals surface area contributed by atoms with E-state index in [1.807, 2.05) is 36.4 Å². The van der Waals surface area contributed by atoms with Crippen molar-refractivity contribution in [2.75, 3.05) is 0 Å². The zero-order valence-electron chi connectivity index (χ0n) is 8.23. The zero-order valence-corrected chi connectivity index (χ0v) is 8.23. The van der Waals surface area contributed by atoms with Crippen LogP contribution in [-0.4, -0.2) is 11.1 Å². The molecular formula is C12H14O2. The quantitative estimate of drug-likeness (QED) is 0.728. The largest absolute Gasteiger partial charge is 0.478 e. The maximum atomic E-state index is 9.60. The fourth-order valence-electron chi connectivity index (χ4n) is 0.589. The molecule has 0 heterocycles. The summed E-state index contributed by atoms with van der Waals surface area (Å²) in [5.41, 5.74) is 1.35. The predicted octanol–water partition coefficient (Wildman–Crippen LogP) is 2.98. The van der Waals surface area contributed by atoms with Crippen LogP contribution in [0.15, 0.2) is 49.1 Å². The molecule has 0 radical (unpaired) electrons. The number of aliphatic carboxylic acids is 1. The number of rotatable bonds is 2. The molecule has 2 nitrogen and oxygen atoms in total. The first-order valence-corrected chi connectivity index (χ1v) is 4.14. The Hall–Kier alpha value is -1.83. The van der Waals surface area contributed by atoms with Crippen molar-refractivity contribution >= 4 is 12.0 Å². The van der Waals surface area contributed by atoms with E-state index in [-0.39, 0.29) is 5.57 Å². The summed E-state index contributed by atoms with van der Waals surface area (Å²) in [7, 11) is 0. The van der Waals surface area contributed by atoms with Crippen molar-refractivity contribution in [3.63, 3.8) is 0 Å². The number of hydrogen-bond donors (Lipinski definition) is 1. The lowest BCUT2D eigenvalue weighted by atomic mass is 10.2.